The first-order chi connectivity index (χ1) is 16.5. The lowest BCUT2D eigenvalue weighted by molar-refractivity contribution is -0.260. The van der Waals surface area contributed by atoms with Gasteiger partial charge in [0.15, 0.2) is 0 Å². The summed E-state index contributed by atoms with van der Waals surface area (Å²) in [5.74, 6) is -0.546. The number of amides is 1. The fourth-order valence-electron chi connectivity index (χ4n) is 3.11. The topological polar surface area (TPSA) is 70.6 Å². The molecule has 0 heterocycles. The van der Waals surface area contributed by atoms with Crippen molar-refractivity contribution in [3.63, 3.8) is 0 Å². The van der Waals surface area contributed by atoms with Gasteiger partial charge in [0.05, 0.1) is 39.7 Å². The second-order valence-corrected chi connectivity index (χ2v) is 9.05. The van der Waals surface area contributed by atoms with Crippen molar-refractivity contribution in [2.75, 3.05) is 19.0 Å². The minimum Gasteiger partial charge on any atom is -0.381 e. The molecule has 0 radical (unpaired) electrons. The molecule has 0 saturated carbocycles. The van der Waals surface area contributed by atoms with E-state index < -0.39 is 54.2 Å². The highest BCUT2D eigenvalue weighted by Gasteiger charge is 2.55. The van der Waals surface area contributed by atoms with E-state index in [1.807, 2.05) is 0 Å². The van der Waals surface area contributed by atoms with Gasteiger partial charge < -0.3 is 20.5 Å². The van der Waals surface area contributed by atoms with Crippen molar-refractivity contribution in [2.24, 2.45) is 0 Å². The van der Waals surface area contributed by atoms with E-state index in [4.69, 9.17) is 39.5 Å². The lowest BCUT2D eigenvalue weighted by atomic mass is 9.92. The highest BCUT2D eigenvalue weighted by atomic mass is 35.5. The normalized spacial score (nSPS) is 14.8. The second-order valence-electron chi connectivity index (χ2n) is 7.86. The molecule has 0 bridgehead atoms. The number of hydrogen-bond donors (Lipinski definition) is 3. The van der Waals surface area contributed by atoms with Gasteiger partial charge in [-0.3, -0.25) is 4.79 Å². The first-order valence-electron chi connectivity index (χ1n) is 10.2. The maximum Gasteiger partial charge on any atom is 0.423 e. The van der Waals surface area contributed by atoms with E-state index in [0.29, 0.717) is 6.07 Å². The summed E-state index contributed by atoms with van der Waals surface area (Å²) in [6, 6.07) is 4.21. The molecule has 14 heteroatoms. The molecule has 2 atom stereocenters. The van der Waals surface area contributed by atoms with Crippen molar-refractivity contribution in [3.8, 4) is 0 Å². The van der Waals surface area contributed by atoms with Crippen LogP contribution < -0.4 is 10.6 Å². The Kier molecular flexibility index (Phi) is 9.80. The van der Waals surface area contributed by atoms with Gasteiger partial charge in [0.25, 0.3) is 0 Å². The number of anilines is 1. The van der Waals surface area contributed by atoms with E-state index in [0.717, 1.165) is 24.3 Å². The zero-order valence-electron chi connectivity index (χ0n) is 18.8. The predicted molar refractivity (Wildman–Crippen MR) is 124 cm³/mol. The number of halogens is 9. The Morgan fingerprint density at radius 1 is 1.06 bits per heavy atom. The largest absolute Gasteiger partial charge is 0.423 e. The Hall–Kier alpha value is -1.92. The molecule has 0 aliphatic heterocycles. The molecule has 2 aromatic carbocycles. The van der Waals surface area contributed by atoms with Gasteiger partial charge in [-0.25, -0.2) is 0 Å². The average molecular weight is 582 g/mol. The van der Waals surface area contributed by atoms with Crippen molar-refractivity contribution in [2.45, 2.75) is 43.9 Å². The van der Waals surface area contributed by atoms with Crippen LogP contribution in [0.3, 0.4) is 0 Å². The highest BCUT2D eigenvalue weighted by Crippen LogP contribution is 2.43. The average Bonchev–Trinajstić information content (AvgIpc) is 2.77. The van der Waals surface area contributed by atoms with Crippen LogP contribution in [0.15, 0.2) is 30.3 Å². The quantitative estimate of drug-likeness (QED) is 0.232. The zero-order chi connectivity index (χ0) is 27.5. The van der Waals surface area contributed by atoms with Gasteiger partial charge in [-0.05, 0) is 42.3 Å². The summed E-state index contributed by atoms with van der Waals surface area (Å²) in [4.78, 5) is 11.9. The standard InChI is InChI=1S/C22H21Cl3F6N2O3/c1-11(36-2)5-18(34)32-9-12-3-4-14(8-15(12)21(26,27)28)33-10-20(35,22(29,30)31)13-6-16(23)19(25)17(24)7-13/h3-4,6-8,11,33,35H,5,9-10H2,1-2H3,(H,32,34)/t11-,20+/m0/s1. The lowest BCUT2D eigenvalue weighted by Crippen LogP contribution is -2.47. The fraction of sp³-hybridized carbons (Fsp3) is 0.409. The van der Waals surface area contributed by atoms with Gasteiger partial charge in [0.2, 0.25) is 11.5 Å². The van der Waals surface area contributed by atoms with E-state index in [9.17, 15) is 36.2 Å². The lowest BCUT2D eigenvalue weighted by Gasteiger charge is -2.32. The smallest absolute Gasteiger partial charge is 0.381 e. The number of benzene rings is 2. The van der Waals surface area contributed by atoms with Crippen LogP contribution in [-0.4, -0.2) is 36.9 Å². The van der Waals surface area contributed by atoms with Gasteiger partial charge in [0.1, 0.15) is 0 Å². The summed E-state index contributed by atoms with van der Waals surface area (Å²) in [5.41, 5.74) is -6.19. The maximum absolute atomic E-state index is 13.8. The number of carbonyl (C=O) groups excluding carboxylic acids is 1. The van der Waals surface area contributed by atoms with Crippen LogP contribution in [0.25, 0.3) is 0 Å². The minimum absolute atomic E-state index is 0.0771. The van der Waals surface area contributed by atoms with Crippen LogP contribution in [0.1, 0.15) is 30.0 Å². The molecule has 36 heavy (non-hydrogen) atoms. The van der Waals surface area contributed by atoms with E-state index in [1.54, 1.807) is 6.92 Å². The first-order valence-corrected chi connectivity index (χ1v) is 11.3. The monoisotopic (exact) mass is 580 g/mol. The highest BCUT2D eigenvalue weighted by molar-refractivity contribution is 6.48. The Morgan fingerprint density at radius 2 is 1.64 bits per heavy atom. The SMILES string of the molecule is CO[C@@H](C)CC(=O)NCc1ccc(NC[C@@](O)(c2cc(Cl)c(Cl)c(Cl)c2)C(F)(F)F)cc1C(F)(F)F. The Labute approximate surface area is 217 Å². The van der Waals surface area contributed by atoms with Crippen LogP contribution in [0.5, 0.6) is 0 Å². The molecule has 0 aromatic heterocycles. The van der Waals surface area contributed by atoms with Crippen LogP contribution in [0.4, 0.5) is 32.0 Å². The second kappa shape index (κ2) is 11.6. The number of methoxy groups -OCH3 is 1. The molecule has 5 nitrogen and oxygen atoms in total. The number of nitrogens with one attached hydrogen (secondary N) is 2. The number of alkyl halides is 6. The van der Waals surface area contributed by atoms with Crippen LogP contribution in [0.2, 0.25) is 15.1 Å². The number of hydrogen-bond acceptors (Lipinski definition) is 4. The third-order valence-corrected chi connectivity index (χ3v) is 6.44. The third kappa shape index (κ3) is 7.32. The molecular formula is C22H21Cl3F6N2O3. The van der Waals surface area contributed by atoms with Gasteiger partial charge in [-0.15, -0.1) is 0 Å². The summed E-state index contributed by atoms with van der Waals surface area (Å²) in [6.07, 6.45) is -10.7. The minimum atomic E-state index is -5.27. The molecule has 0 spiro atoms. The zero-order valence-corrected chi connectivity index (χ0v) is 21.0. The predicted octanol–water partition coefficient (Wildman–Crippen LogP) is 6.57. The van der Waals surface area contributed by atoms with Crippen LogP contribution in [0, 0.1) is 0 Å². The Balaban J connectivity index is 2.32. The molecular weight excluding hydrogens is 561 g/mol. The van der Waals surface area contributed by atoms with Crippen molar-refractivity contribution >= 4 is 46.4 Å². The summed E-state index contributed by atoms with van der Waals surface area (Å²) in [5, 5.41) is 14.1. The number of ether oxygens (including phenoxy) is 1. The molecule has 2 rings (SSSR count). The molecule has 0 fully saturated rings. The first kappa shape index (κ1) is 30.3. The Bertz CT molecular complexity index is 1070. The molecule has 1 amide bonds. The molecule has 0 aliphatic carbocycles. The van der Waals surface area contributed by atoms with E-state index >= 15 is 0 Å². The molecule has 0 saturated heterocycles. The summed E-state index contributed by atoms with van der Waals surface area (Å²) in [7, 11) is 1.38. The van der Waals surface area contributed by atoms with Gasteiger partial charge >= 0.3 is 12.4 Å². The summed E-state index contributed by atoms with van der Waals surface area (Å²) >= 11 is 17.3. The van der Waals surface area contributed by atoms with Crippen LogP contribution >= 0.6 is 34.8 Å². The maximum atomic E-state index is 13.8. The van der Waals surface area contributed by atoms with Crippen molar-refractivity contribution in [1.29, 1.82) is 0 Å². The molecule has 3 N–H and O–H groups in total. The number of aliphatic hydroxyl groups is 1. The van der Waals surface area contributed by atoms with Gasteiger partial charge in [-0.1, -0.05) is 40.9 Å². The number of carbonyl (C=O) groups is 1. The molecule has 200 valence electrons. The van der Waals surface area contributed by atoms with Gasteiger partial charge in [0, 0.05) is 19.3 Å². The molecule has 0 unspecified atom stereocenters. The molecule has 2 aromatic rings. The van der Waals surface area contributed by atoms with Crippen molar-refractivity contribution in [1.82, 2.24) is 5.32 Å². The van der Waals surface area contributed by atoms with E-state index in [1.165, 1.54) is 7.11 Å². The Morgan fingerprint density at radius 3 is 2.14 bits per heavy atom. The van der Waals surface area contributed by atoms with Gasteiger partial charge in [-0.2, -0.15) is 26.3 Å². The number of rotatable bonds is 9. The summed E-state index contributed by atoms with van der Waals surface area (Å²) < 4.78 is 87.4. The van der Waals surface area contributed by atoms with E-state index in [-0.39, 0.29) is 32.7 Å². The van der Waals surface area contributed by atoms with Crippen molar-refractivity contribution in [3.05, 3.63) is 62.1 Å². The van der Waals surface area contributed by atoms with E-state index in [2.05, 4.69) is 10.6 Å². The van der Waals surface area contributed by atoms with Crippen molar-refractivity contribution < 1.29 is 41.0 Å². The summed E-state index contributed by atoms with van der Waals surface area (Å²) in [6.45, 7) is -0.138. The van der Waals surface area contributed by atoms with Crippen LogP contribution in [-0.2, 0) is 27.9 Å². The molecule has 0 aliphatic rings. The third-order valence-electron chi connectivity index (χ3n) is 5.25. The fourth-order valence-corrected chi connectivity index (χ4v) is 3.70.